The summed E-state index contributed by atoms with van der Waals surface area (Å²) in [5.74, 6) is 1.80. The minimum atomic E-state index is 0.583. The minimum absolute atomic E-state index is 0.583. The molecule has 0 radical (unpaired) electrons. The van der Waals surface area contributed by atoms with E-state index in [9.17, 15) is 0 Å². The van der Waals surface area contributed by atoms with Gasteiger partial charge in [0.15, 0.2) is 17.5 Å². The molecule has 15 aromatic rings. The van der Waals surface area contributed by atoms with Gasteiger partial charge in [0.05, 0.1) is 27.7 Å². The third-order valence-electron chi connectivity index (χ3n) is 13.8. The summed E-state index contributed by atoms with van der Waals surface area (Å²) in [6.07, 6.45) is 0. The summed E-state index contributed by atoms with van der Waals surface area (Å²) < 4.78 is 11.9. The first-order valence-electron chi connectivity index (χ1n) is 22.6. The van der Waals surface area contributed by atoms with Gasteiger partial charge >= 0.3 is 0 Å². The molecule has 0 aliphatic heterocycles. The Labute approximate surface area is 386 Å². The third-order valence-corrected chi connectivity index (χ3v) is 14.9. The third kappa shape index (κ3) is 5.39. The average Bonchev–Trinajstić information content (AvgIpc) is 4.07. The van der Waals surface area contributed by atoms with E-state index in [-0.39, 0.29) is 0 Å². The van der Waals surface area contributed by atoms with Crippen LogP contribution in [0.25, 0.3) is 147 Å². The van der Waals surface area contributed by atoms with Gasteiger partial charge in [-0.25, -0.2) is 15.0 Å². The topological polar surface area (TPSA) is 56.7 Å². The lowest BCUT2D eigenvalue weighted by atomic mass is 9.96. The molecule has 0 N–H and O–H groups in total. The molecule has 0 aliphatic rings. The lowest BCUT2D eigenvalue weighted by Crippen LogP contribution is -2.05. The van der Waals surface area contributed by atoms with Crippen LogP contribution in [0.5, 0.6) is 0 Å². The maximum atomic E-state index is 6.99. The molecule has 0 bridgehead atoms. The van der Waals surface area contributed by atoms with Gasteiger partial charge in [-0.3, -0.25) is 0 Å². The maximum absolute atomic E-state index is 6.99. The van der Waals surface area contributed by atoms with Crippen molar-refractivity contribution in [1.29, 1.82) is 0 Å². The van der Waals surface area contributed by atoms with Crippen LogP contribution in [0.15, 0.2) is 211 Å². The van der Waals surface area contributed by atoms with Gasteiger partial charge < -0.3 is 8.98 Å². The first kappa shape index (κ1) is 36.6. The van der Waals surface area contributed by atoms with Crippen molar-refractivity contribution in [2.75, 3.05) is 0 Å². The summed E-state index contributed by atoms with van der Waals surface area (Å²) in [4.78, 5) is 16.6. The fourth-order valence-corrected chi connectivity index (χ4v) is 11.9. The fourth-order valence-electron chi connectivity index (χ4n) is 10.7. The highest BCUT2D eigenvalue weighted by Crippen LogP contribution is 2.49. The number of benzene rings is 11. The summed E-state index contributed by atoms with van der Waals surface area (Å²) in [6, 6.07) is 73.8. The van der Waals surface area contributed by atoms with E-state index in [1.165, 1.54) is 47.1 Å². The first-order chi connectivity index (χ1) is 33.2. The fraction of sp³-hybridized carbons (Fsp3) is 0. The number of thiophene rings is 1. The van der Waals surface area contributed by atoms with Gasteiger partial charge in [-0.05, 0) is 80.2 Å². The summed E-state index contributed by atoms with van der Waals surface area (Å²) >= 11 is 1.80. The van der Waals surface area contributed by atoms with Crippen molar-refractivity contribution < 1.29 is 4.42 Å². The second kappa shape index (κ2) is 13.9. The van der Waals surface area contributed by atoms with Crippen molar-refractivity contribution in [3.05, 3.63) is 206 Å². The number of furan rings is 1. The largest absolute Gasteiger partial charge is 0.455 e. The van der Waals surface area contributed by atoms with Crippen LogP contribution in [-0.2, 0) is 0 Å². The molecule has 67 heavy (non-hydrogen) atoms. The van der Waals surface area contributed by atoms with Crippen LogP contribution in [0.2, 0.25) is 0 Å². The van der Waals surface area contributed by atoms with Gasteiger partial charge in [-0.15, -0.1) is 11.3 Å². The smallest absolute Gasteiger partial charge is 0.166 e. The molecule has 0 saturated carbocycles. The standard InChI is InChI=1S/C61H34N4OS/c1-2-15-37-31-40(26-25-35(37)13-1)59-62-60(41-27-29-44-43-19-10-12-24-52(43)67-53(44)34-41)64-61(63-59)56-45-20-7-8-21-46(45)58-55(47-22-9-11-23-51(47)66-58)57(56)65-49-30-28-36-14-5-6-18-42(36)54(49)48-32-38-16-3-4-17-39(38)33-50(48)65/h1-34H. The van der Waals surface area contributed by atoms with Crippen molar-refractivity contribution in [3.63, 3.8) is 0 Å². The van der Waals surface area contributed by atoms with Gasteiger partial charge in [-0.2, -0.15) is 0 Å². The Morgan fingerprint density at radius 3 is 1.76 bits per heavy atom. The van der Waals surface area contributed by atoms with E-state index < -0.39 is 0 Å². The van der Waals surface area contributed by atoms with Crippen LogP contribution < -0.4 is 0 Å². The highest BCUT2D eigenvalue weighted by atomic mass is 32.1. The van der Waals surface area contributed by atoms with Gasteiger partial charge in [0.2, 0.25) is 0 Å². The zero-order valence-corrected chi connectivity index (χ0v) is 36.6. The second-order valence-electron chi connectivity index (χ2n) is 17.5. The Hall–Kier alpha value is -8.71. The average molecular weight is 871 g/mol. The molecular formula is C61H34N4OS. The zero-order valence-electron chi connectivity index (χ0n) is 35.7. The summed E-state index contributed by atoms with van der Waals surface area (Å²) in [5.41, 5.74) is 7.55. The Balaban J connectivity index is 1.13. The van der Waals surface area contributed by atoms with E-state index in [2.05, 4.69) is 205 Å². The molecule has 0 saturated heterocycles. The molecule has 0 atom stereocenters. The molecule has 4 heterocycles. The van der Waals surface area contributed by atoms with E-state index in [0.29, 0.717) is 17.5 Å². The molecule has 0 unspecified atom stereocenters. The van der Waals surface area contributed by atoms with Gasteiger partial charge in [0.25, 0.3) is 0 Å². The van der Waals surface area contributed by atoms with Crippen molar-refractivity contribution in [2.45, 2.75) is 0 Å². The molecule has 15 rings (SSSR count). The molecule has 310 valence electrons. The molecule has 0 aliphatic carbocycles. The molecule has 4 aromatic heterocycles. The lowest BCUT2D eigenvalue weighted by molar-refractivity contribution is 0.672. The van der Waals surface area contributed by atoms with Crippen molar-refractivity contribution >= 4 is 118 Å². The number of hydrogen-bond acceptors (Lipinski definition) is 5. The Morgan fingerprint density at radius 2 is 0.940 bits per heavy atom. The Kier molecular flexibility index (Phi) is 7.59. The number of para-hydroxylation sites is 1. The highest BCUT2D eigenvalue weighted by molar-refractivity contribution is 7.25. The molecule has 5 nitrogen and oxygen atoms in total. The van der Waals surface area contributed by atoms with E-state index in [0.717, 1.165) is 82.3 Å². The molecule has 0 spiro atoms. The minimum Gasteiger partial charge on any atom is -0.455 e. The lowest BCUT2D eigenvalue weighted by Gasteiger charge is -2.19. The number of nitrogens with zero attached hydrogens (tertiary/aromatic N) is 4. The maximum Gasteiger partial charge on any atom is 0.166 e. The zero-order chi connectivity index (χ0) is 43.7. The van der Waals surface area contributed by atoms with Crippen LogP contribution in [0.3, 0.4) is 0 Å². The normalized spacial score (nSPS) is 12.2. The Bertz CT molecular complexity index is 4600. The predicted molar refractivity (Wildman–Crippen MR) is 281 cm³/mol. The summed E-state index contributed by atoms with van der Waals surface area (Å²) in [7, 11) is 0. The molecule has 11 aromatic carbocycles. The van der Waals surface area contributed by atoms with Crippen LogP contribution in [-0.4, -0.2) is 19.5 Å². The van der Waals surface area contributed by atoms with E-state index >= 15 is 0 Å². The van der Waals surface area contributed by atoms with Gasteiger partial charge in [-0.1, -0.05) is 164 Å². The second-order valence-corrected chi connectivity index (χ2v) is 18.6. The van der Waals surface area contributed by atoms with Crippen molar-refractivity contribution in [2.24, 2.45) is 0 Å². The quantitative estimate of drug-likeness (QED) is 0.177. The summed E-state index contributed by atoms with van der Waals surface area (Å²) in [5, 5.41) is 15.9. The highest BCUT2D eigenvalue weighted by Gasteiger charge is 2.28. The number of rotatable bonds is 4. The van der Waals surface area contributed by atoms with Crippen molar-refractivity contribution in [1.82, 2.24) is 19.5 Å². The van der Waals surface area contributed by atoms with Gasteiger partial charge in [0.1, 0.15) is 11.2 Å². The number of hydrogen-bond donors (Lipinski definition) is 0. The van der Waals surface area contributed by atoms with E-state index in [1.807, 2.05) is 6.07 Å². The predicted octanol–water partition coefficient (Wildman–Crippen LogP) is 16.8. The van der Waals surface area contributed by atoms with Crippen LogP contribution in [0.1, 0.15) is 0 Å². The summed E-state index contributed by atoms with van der Waals surface area (Å²) in [6.45, 7) is 0. The van der Waals surface area contributed by atoms with Gasteiger partial charge in [0, 0.05) is 52.8 Å². The number of fused-ring (bicyclic) bond motifs is 15. The van der Waals surface area contributed by atoms with Crippen LogP contribution in [0, 0.1) is 0 Å². The molecule has 6 heteroatoms. The molecule has 0 fully saturated rings. The first-order valence-corrected chi connectivity index (χ1v) is 23.4. The molecule has 0 amide bonds. The molecular weight excluding hydrogens is 837 g/mol. The Morgan fingerprint density at radius 1 is 0.358 bits per heavy atom. The van der Waals surface area contributed by atoms with E-state index in [1.54, 1.807) is 11.3 Å². The van der Waals surface area contributed by atoms with Crippen LogP contribution in [0.4, 0.5) is 0 Å². The monoisotopic (exact) mass is 870 g/mol. The van der Waals surface area contributed by atoms with E-state index in [4.69, 9.17) is 19.4 Å². The number of aromatic nitrogens is 4. The SMILES string of the molecule is c1ccc2cc(-c3nc(-c4ccc5c(c4)sc4ccccc45)nc(-c4c(-n5c6cc7ccccc7cc6c6c7ccccc7ccc65)c5c6ccccc6oc5c5ccccc45)n3)ccc2c1. The van der Waals surface area contributed by atoms with Crippen LogP contribution >= 0.6 is 11.3 Å². The van der Waals surface area contributed by atoms with Crippen molar-refractivity contribution in [3.8, 4) is 39.9 Å².